The molecule has 7 heteroatoms. The molecular formula is C14H18F2N2O2S. The number of carbonyl (C=O) groups is 1. The van der Waals surface area contributed by atoms with Crippen molar-refractivity contribution in [3.63, 3.8) is 0 Å². The summed E-state index contributed by atoms with van der Waals surface area (Å²) in [5.41, 5.74) is 5.23. The van der Waals surface area contributed by atoms with Gasteiger partial charge in [-0.2, -0.15) is 0 Å². The summed E-state index contributed by atoms with van der Waals surface area (Å²) in [4.78, 5) is 13.1. The van der Waals surface area contributed by atoms with Gasteiger partial charge in [-0.25, -0.2) is 8.78 Å². The van der Waals surface area contributed by atoms with Crippen molar-refractivity contribution in [2.75, 3.05) is 24.6 Å². The summed E-state index contributed by atoms with van der Waals surface area (Å²) in [5.74, 6) is -2.69. The summed E-state index contributed by atoms with van der Waals surface area (Å²) in [7, 11) is -2.05. The Labute approximate surface area is 124 Å². The molecule has 0 aliphatic carbocycles. The van der Waals surface area contributed by atoms with E-state index in [1.807, 2.05) is 0 Å². The summed E-state index contributed by atoms with van der Waals surface area (Å²) >= 11 is 0. The molecule has 21 heavy (non-hydrogen) atoms. The lowest BCUT2D eigenvalue weighted by molar-refractivity contribution is -0.128. The van der Waals surface area contributed by atoms with E-state index in [1.165, 1.54) is 0 Å². The molecule has 4 nitrogen and oxygen atoms in total. The minimum atomic E-state index is -2.05. The average Bonchev–Trinajstić information content (AvgIpc) is 2.65. The lowest BCUT2D eigenvalue weighted by atomic mass is 10.2. The third-order valence-corrected chi connectivity index (χ3v) is 4.82. The molecule has 1 aliphatic heterocycles. The second-order valence-corrected chi connectivity index (χ2v) is 6.49. The zero-order chi connectivity index (χ0) is 15.4. The van der Waals surface area contributed by atoms with Crippen molar-refractivity contribution in [1.29, 1.82) is 0 Å². The van der Waals surface area contributed by atoms with E-state index in [-0.39, 0.29) is 11.6 Å². The fraction of sp³-hybridized carbons (Fsp3) is 0.500. The number of hydrogen-bond donors (Lipinski definition) is 1. The fourth-order valence-electron chi connectivity index (χ4n) is 2.39. The van der Waals surface area contributed by atoms with Crippen molar-refractivity contribution in [2.24, 2.45) is 0 Å². The first-order valence-corrected chi connectivity index (χ1v) is 8.21. The Morgan fingerprint density at radius 3 is 2.19 bits per heavy atom. The molecule has 1 aromatic carbocycles. The first kappa shape index (κ1) is 15.9. The van der Waals surface area contributed by atoms with E-state index in [0.29, 0.717) is 13.1 Å². The number of rotatable bonds is 3. The van der Waals surface area contributed by atoms with E-state index in [4.69, 9.17) is 5.73 Å². The zero-order valence-corrected chi connectivity index (χ0v) is 12.4. The van der Waals surface area contributed by atoms with Crippen LogP contribution >= 0.6 is 0 Å². The molecule has 0 aromatic heterocycles. The first-order chi connectivity index (χ1) is 9.99. The van der Waals surface area contributed by atoms with Crippen LogP contribution in [0.15, 0.2) is 17.0 Å². The highest BCUT2D eigenvalue weighted by Gasteiger charge is 2.23. The van der Waals surface area contributed by atoms with E-state index in [1.54, 1.807) is 4.90 Å². The van der Waals surface area contributed by atoms with Crippen molar-refractivity contribution < 1.29 is 17.8 Å². The summed E-state index contributed by atoms with van der Waals surface area (Å²) in [6.07, 6.45) is 3.94. The average molecular weight is 316 g/mol. The van der Waals surface area contributed by atoms with Crippen molar-refractivity contribution in [2.45, 2.75) is 30.6 Å². The summed E-state index contributed by atoms with van der Waals surface area (Å²) in [6.45, 7) is 1.23. The second-order valence-electron chi connectivity index (χ2n) is 5.10. The molecule has 116 valence electrons. The van der Waals surface area contributed by atoms with Gasteiger partial charge in [-0.1, -0.05) is 12.8 Å². The third kappa shape index (κ3) is 4.00. The Bertz CT molecular complexity index is 535. The number of halogens is 2. The van der Waals surface area contributed by atoms with Crippen LogP contribution in [0.25, 0.3) is 0 Å². The summed E-state index contributed by atoms with van der Waals surface area (Å²) < 4.78 is 39.4. The van der Waals surface area contributed by atoms with Gasteiger partial charge in [-0.3, -0.25) is 9.00 Å². The molecule has 0 bridgehead atoms. The smallest absolute Gasteiger partial charge is 0.235 e. The van der Waals surface area contributed by atoms with Gasteiger partial charge in [0.15, 0.2) is 0 Å². The number of carbonyl (C=O) groups excluding carboxylic acids is 1. The van der Waals surface area contributed by atoms with Crippen LogP contribution in [-0.2, 0) is 15.6 Å². The van der Waals surface area contributed by atoms with Gasteiger partial charge in [0.05, 0.1) is 10.8 Å². The first-order valence-electron chi connectivity index (χ1n) is 6.89. The highest BCUT2D eigenvalue weighted by atomic mass is 32.2. The number of benzene rings is 1. The standard InChI is InChI=1S/C14H18F2N2O2S/c15-11-7-10(17)8-12(16)14(11)21(20)9-13(19)18-5-3-1-2-4-6-18/h7-8H,1-6,9,17H2. The van der Waals surface area contributed by atoms with E-state index < -0.39 is 33.1 Å². The topological polar surface area (TPSA) is 63.4 Å². The van der Waals surface area contributed by atoms with E-state index in [2.05, 4.69) is 0 Å². The third-order valence-electron chi connectivity index (χ3n) is 3.46. The van der Waals surface area contributed by atoms with E-state index >= 15 is 0 Å². The predicted octanol–water partition coefficient (Wildman–Crippen LogP) is 2.06. The van der Waals surface area contributed by atoms with Gasteiger partial charge < -0.3 is 10.6 Å². The number of hydrogen-bond acceptors (Lipinski definition) is 3. The van der Waals surface area contributed by atoms with Gasteiger partial charge in [0.25, 0.3) is 0 Å². The Kier molecular flexibility index (Phi) is 5.27. The van der Waals surface area contributed by atoms with Crippen LogP contribution in [0.2, 0.25) is 0 Å². The van der Waals surface area contributed by atoms with E-state index in [9.17, 15) is 17.8 Å². The maximum atomic E-state index is 13.7. The number of nitrogen functional groups attached to an aromatic ring is 1. The van der Waals surface area contributed by atoms with Gasteiger partial charge in [-0.15, -0.1) is 0 Å². The monoisotopic (exact) mass is 316 g/mol. The lowest BCUT2D eigenvalue weighted by Gasteiger charge is -2.20. The largest absolute Gasteiger partial charge is 0.399 e. The van der Waals surface area contributed by atoms with Crippen LogP contribution in [0.5, 0.6) is 0 Å². The van der Waals surface area contributed by atoms with Crippen molar-refractivity contribution in [3.8, 4) is 0 Å². The molecule has 0 spiro atoms. The molecule has 1 amide bonds. The molecule has 2 N–H and O–H groups in total. The van der Waals surface area contributed by atoms with Crippen LogP contribution in [0.3, 0.4) is 0 Å². The van der Waals surface area contributed by atoms with Gasteiger partial charge >= 0.3 is 0 Å². The maximum absolute atomic E-state index is 13.7. The van der Waals surface area contributed by atoms with E-state index in [0.717, 1.165) is 37.8 Å². The van der Waals surface area contributed by atoms with Crippen molar-refractivity contribution in [3.05, 3.63) is 23.8 Å². The van der Waals surface area contributed by atoms with Crippen LogP contribution in [0.1, 0.15) is 25.7 Å². The highest BCUT2D eigenvalue weighted by molar-refractivity contribution is 7.85. The van der Waals surface area contributed by atoms with Gasteiger partial charge in [0.2, 0.25) is 5.91 Å². The summed E-state index contributed by atoms with van der Waals surface area (Å²) in [6, 6.07) is 1.82. The van der Waals surface area contributed by atoms with Gasteiger partial charge in [-0.05, 0) is 25.0 Å². The molecule has 1 heterocycles. The fourth-order valence-corrected chi connectivity index (χ4v) is 3.50. The Balaban J connectivity index is 2.09. The van der Waals surface area contributed by atoms with Crippen molar-refractivity contribution in [1.82, 2.24) is 4.90 Å². The molecule has 0 saturated carbocycles. The molecule has 0 radical (unpaired) electrons. The summed E-state index contributed by atoms with van der Waals surface area (Å²) in [5, 5.41) is 0. The minimum Gasteiger partial charge on any atom is -0.399 e. The predicted molar refractivity (Wildman–Crippen MR) is 77.1 cm³/mol. The number of nitrogens with zero attached hydrogens (tertiary/aromatic N) is 1. The van der Waals surface area contributed by atoms with Gasteiger partial charge in [0, 0.05) is 18.8 Å². The molecule has 1 atom stereocenters. The molecule has 2 rings (SSSR count). The maximum Gasteiger partial charge on any atom is 0.235 e. The zero-order valence-electron chi connectivity index (χ0n) is 11.6. The highest BCUT2D eigenvalue weighted by Crippen LogP contribution is 2.21. The quantitative estimate of drug-likeness (QED) is 0.868. The Hall–Kier alpha value is -1.50. The number of amides is 1. The minimum absolute atomic E-state index is 0.0791. The SMILES string of the molecule is Nc1cc(F)c(S(=O)CC(=O)N2CCCCCC2)c(F)c1. The molecule has 1 unspecified atom stereocenters. The number of nitrogens with two attached hydrogens (primary N) is 1. The Morgan fingerprint density at radius 1 is 1.14 bits per heavy atom. The molecule has 1 saturated heterocycles. The molecule has 1 fully saturated rings. The second kappa shape index (κ2) is 6.98. The molecule has 1 aromatic rings. The van der Waals surface area contributed by atoms with Gasteiger partial charge in [0.1, 0.15) is 22.3 Å². The van der Waals surface area contributed by atoms with Crippen LogP contribution in [-0.4, -0.2) is 33.9 Å². The lowest BCUT2D eigenvalue weighted by Crippen LogP contribution is -2.35. The van der Waals surface area contributed by atoms with Crippen LogP contribution < -0.4 is 5.73 Å². The Morgan fingerprint density at radius 2 is 1.67 bits per heavy atom. The number of likely N-dealkylation sites (tertiary alicyclic amines) is 1. The molecule has 1 aliphatic rings. The number of anilines is 1. The molecular weight excluding hydrogens is 298 g/mol. The normalized spacial score (nSPS) is 17.3. The van der Waals surface area contributed by atoms with Crippen LogP contribution in [0.4, 0.5) is 14.5 Å². The van der Waals surface area contributed by atoms with Crippen LogP contribution in [0, 0.1) is 11.6 Å². The van der Waals surface area contributed by atoms with Crippen molar-refractivity contribution >= 4 is 22.4 Å².